The average molecular weight is 323 g/mol. The molecule has 116 valence electrons. The van der Waals surface area contributed by atoms with Crippen LogP contribution in [0.25, 0.3) is 0 Å². The molecule has 22 heavy (non-hydrogen) atoms. The molecular formula is C14H13NO6S. The number of rotatable bonds is 6. The van der Waals surface area contributed by atoms with Crippen molar-refractivity contribution in [3.05, 3.63) is 64.2 Å². The first kappa shape index (κ1) is 15.8. The molecule has 0 radical (unpaired) electrons. The Morgan fingerprint density at radius 2 is 1.77 bits per heavy atom. The largest absolute Gasteiger partial charge is 0.497 e. The molecule has 8 heteroatoms. The van der Waals surface area contributed by atoms with Crippen molar-refractivity contribution in [3.63, 3.8) is 0 Å². The van der Waals surface area contributed by atoms with Gasteiger partial charge in [-0.2, -0.15) is 8.42 Å². The first-order chi connectivity index (χ1) is 10.4. The molecule has 0 saturated carbocycles. The maximum absolute atomic E-state index is 12.0. The number of nitrogens with zero attached hydrogens (tertiary/aromatic N) is 1. The minimum Gasteiger partial charge on any atom is -0.497 e. The Morgan fingerprint density at radius 1 is 1.09 bits per heavy atom. The highest BCUT2D eigenvalue weighted by Crippen LogP contribution is 2.22. The molecule has 7 nitrogen and oxygen atoms in total. The fourth-order valence-electron chi connectivity index (χ4n) is 1.79. The molecule has 0 fully saturated rings. The predicted molar refractivity (Wildman–Crippen MR) is 79.3 cm³/mol. The standard InChI is InChI=1S/C14H13NO6S/c1-20-13-6-2-4-11(8-13)10-22(18,19)21-14-7-3-5-12(9-14)15(16)17/h2-9H,10H2,1H3. The zero-order chi connectivity index (χ0) is 16.2. The van der Waals surface area contributed by atoms with E-state index in [1.54, 1.807) is 24.3 Å². The minimum absolute atomic E-state index is 0.0999. The second kappa shape index (κ2) is 6.44. The highest BCUT2D eigenvalue weighted by molar-refractivity contribution is 7.86. The normalized spacial score (nSPS) is 11.0. The molecule has 0 N–H and O–H groups in total. The number of nitro benzene ring substituents is 1. The lowest BCUT2D eigenvalue weighted by atomic mass is 10.2. The molecule has 0 amide bonds. The lowest BCUT2D eigenvalue weighted by Gasteiger charge is -2.08. The van der Waals surface area contributed by atoms with Gasteiger partial charge in [-0.3, -0.25) is 10.1 Å². The number of ether oxygens (including phenoxy) is 1. The third-order valence-corrected chi connectivity index (χ3v) is 3.86. The van der Waals surface area contributed by atoms with Crippen molar-refractivity contribution in [2.24, 2.45) is 0 Å². The van der Waals surface area contributed by atoms with Crippen molar-refractivity contribution in [2.45, 2.75) is 5.75 Å². The van der Waals surface area contributed by atoms with Crippen LogP contribution >= 0.6 is 0 Å². The minimum atomic E-state index is -3.93. The van der Waals surface area contributed by atoms with Gasteiger partial charge in [0.15, 0.2) is 0 Å². The lowest BCUT2D eigenvalue weighted by molar-refractivity contribution is -0.384. The molecule has 0 aliphatic rings. The summed E-state index contributed by atoms with van der Waals surface area (Å²) in [6, 6.07) is 11.6. The summed E-state index contributed by atoms with van der Waals surface area (Å²) >= 11 is 0. The third-order valence-electron chi connectivity index (χ3n) is 2.73. The molecule has 0 unspecified atom stereocenters. The topological polar surface area (TPSA) is 95.7 Å². The zero-order valence-electron chi connectivity index (χ0n) is 11.6. The fraction of sp³-hybridized carbons (Fsp3) is 0.143. The van der Waals surface area contributed by atoms with Crippen LogP contribution in [0.5, 0.6) is 11.5 Å². The van der Waals surface area contributed by atoms with Gasteiger partial charge in [-0.1, -0.05) is 18.2 Å². The summed E-state index contributed by atoms with van der Waals surface area (Å²) in [5, 5.41) is 10.7. The molecule has 0 bridgehead atoms. The second-order valence-electron chi connectivity index (χ2n) is 4.39. The van der Waals surface area contributed by atoms with E-state index in [4.69, 9.17) is 8.92 Å². The molecule has 0 aliphatic heterocycles. The summed E-state index contributed by atoms with van der Waals surface area (Å²) in [5.74, 6) is 0.0625. The molecular weight excluding hydrogens is 310 g/mol. The molecule has 0 heterocycles. The van der Waals surface area contributed by atoms with E-state index in [1.165, 1.54) is 25.3 Å². The Morgan fingerprint density at radius 3 is 2.45 bits per heavy atom. The van der Waals surface area contributed by atoms with Gasteiger partial charge >= 0.3 is 10.1 Å². The fourth-order valence-corrected chi connectivity index (χ4v) is 2.83. The van der Waals surface area contributed by atoms with Gasteiger partial charge in [-0.15, -0.1) is 0 Å². The van der Waals surface area contributed by atoms with E-state index in [0.29, 0.717) is 11.3 Å². The lowest BCUT2D eigenvalue weighted by Crippen LogP contribution is -2.12. The summed E-state index contributed by atoms with van der Waals surface area (Å²) in [5.41, 5.74) is 0.249. The predicted octanol–water partition coefficient (Wildman–Crippen LogP) is 2.51. The summed E-state index contributed by atoms with van der Waals surface area (Å²) in [7, 11) is -2.45. The maximum atomic E-state index is 12.0. The van der Waals surface area contributed by atoms with E-state index in [-0.39, 0.29) is 17.2 Å². The van der Waals surface area contributed by atoms with Gasteiger partial charge in [0.25, 0.3) is 5.69 Å². The molecule has 0 saturated heterocycles. The van der Waals surface area contributed by atoms with Crippen molar-refractivity contribution >= 4 is 15.8 Å². The van der Waals surface area contributed by atoms with Crippen molar-refractivity contribution < 1.29 is 22.3 Å². The zero-order valence-corrected chi connectivity index (χ0v) is 12.4. The van der Waals surface area contributed by atoms with E-state index in [1.807, 2.05) is 0 Å². The average Bonchev–Trinajstić information content (AvgIpc) is 2.46. The third kappa shape index (κ3) is 4.19. The van der Waals surface area contributed by atoms with E-state index < -0.39 is 15.0 Å². The van der Waals surface area contributed by atoms with E-state index >= 15 is 0 Å². The number of hydrogen-bond acceptors (Lipinski definition) is 6. The molecule has 0 aliphatic carbocycles. The number of methoxy groups -OCH3 is 1. The van der Waals surface area contributed by atoms with E-state index in [9.17, 15) is 18.5 Å². The van der Waals surface area contributed by atoms with Crippen molar-refractivity contribution in [1.29, 1.82) is 0 Å². The van der Waals surface area contributed by atoms with Crippen LogP contribution in [0.3, 0.4) is 0 Å². The number of nitro groups is 1. The monoisotopic (exact) mass is 323 g/mol. The Labute approximate surface area is 127 Å². The molecule has 0 spiro atoms. The van der Waals surface area contributed by atoms with Crippen LogP contribution in [-0.2, 0) is 15.9 Å². The van der Waals surface area contributed by atoms with Gasteiger partial charge in [0.05, 0.1) is 18.1 Å². The van der Waals surface area contributed by atoms with Crippen molar-refractivity contribution in [2.75, 3.05) is 7.11 Å². The summed E-state index contributed by atoms with van der Waals surface area (Å²) in [4.78, 5) is 10.0. The summed E-state index contributed by atoms with van der Waals surface area (Å²) < 4.78 is 34.0. The molecule has 0 aromatic heterocycles. The van der Waals surface area contributed by atoms with Crippen LogP contribution in [0.4, 0.5) is 5.69 Å². The van der Waals surface area contributed by atoms with Crippen LogP contribution in [0.15, 0.2) is 48.5 Å². The first-order valence-corrected chi connectivity index (χ1v) is 7.77. The van der Waals surface area contributed by atoms with Crippen molar-refractivity contribution in [1.82, 2.24) is 0 Å². The van der Waals surface area contributed by atoms with Crippen LogP contribution in [0.2, 0.25) is 0 Å². The van der Waals surface area contributed by atoms with Crippen LogP contribution in [0.1, 0.15) is 5.56 Å². The van der Waals surface area contributed by atoms with Gasteiger partial charge in [0.2, 0.25) is 0 Å². The smallest absolute Gasteiger partial charge is 0.313 e. The van der Waals surface area contributed by atoms with Gasteiger partial charge in [0, 0.05) is 6.07 Å². The number of non-ortho nitro benzene ring substituents is 1. The van der Waals surface area contributed by atoms with Gasteiger partial charge < -0.3 is 8.92 Å². The quantitative estimate of drug-likeness (QED) is 0.460. The molecule has 2 aromatic carbocycles. The number of hydrogen-bond donors (Lipinski definition) is 0. The highest BCUT2D eigenvalue weighted by Gasteiger charge is 2.16. The maximum Gasteiger partial charge on any atom is 0.313 e. The molecule has 2 aromatic rings. The summed E-state index contributed by atoms with van der Waals surface area (Å²) in [6.07, 6.45) is 0. The van der Waals surface area contributed by atoms with E-state index in [2.05, 4.69) is 0 Å². The van der Waals surface area contributed by atoms with Crippen molar-refractivity contribution in [3.8, 4) is 11.5 Å². The van der Waals surface area contributed by atoms with Crippen LogP contribution in [-0.4, -0.2) is 20.5 Å². The first-order valence-electron chi connectivity index (χ1n) is 6.19. The second-order valence-corrected chi connectivity index (χ2v) is 5.96. The van der Waals surface area contributed by atoms with Crippen LogP contribution in [0, 0.1) is 10.1 Å². The van der Waals surface area contributed by atoms with Gasteiger partial charge in [0.1, 0.15) is 17.3 Å². The highest BCUT2D eigenvalue weighted by atomic mass is 32.2. The summed E-state index contributed by atoms with van der Waals surface area (Å²) in [6.45, 7) is 0. The number of benzene rings is 2. The van der Waals surface area contributed by atoms with Crippen LogP contribution < -0.4 is 8.92 Å². The Kier molecular flexibility index (Phi) is 4.62. The van der Waals surface area contributed by atoms with E-state index in [0.717, 1.165) is 6.07 Å². The molecule has 0 atom stereocenters. The Bertz CT molecular complexity index is 787. The molecule has 2 rings (SSSR count). The van der Waals surface area contributed by atoms with Gasteiger partial charge in [-0.25, -0.2) is 0 Å². The van der Waals surface area contributed by atoms with Gasteiger partial charge in [-0.05, 0) is 23.8 Å². The Hall–Kier alpha value is -2.61. The SMILES string of the molecule is COc1cccc(CS(=O)(=O)Oc2cccc([N+](=O)[O-])c2)c1. The Balaban J connectivity index is 2.17.